The normalized spacial score (nSPS) is 14.9. The predicted molar refractivity (Wildman–Crippen MR) is 98.0 cm³/mol. The molecule has 1 aliphatic rings. The average Bonchev–Trinajstić information content (AvgIpc) is 3.25. The summed E-state index contributed by atoms with van der Waals surface area (Å²) in [6.07, 6.45) is 4.59. The molecule has 0 radical (unpaired) electrons. The first-order valence-electron chi connectivity index (χ1n) is 8.60. The number of aromatic nitrogens is 5. The largest absolute Gasteiger partial charge is 0.473 e. The highest BCUT2D eigenvalue weighted by molar-refractivity contribution is 6.31. The number of hydrogen-bond acceptors (Lipinski definition) is 6. The highest BCUT2D eigenvalue weighted by Gasteiger charge is 2.25. The number of benzene rings is 1. The van der Waals surface area contributed by atoms with E-state index in [2.05, 4.69) is 20.5 Å². The smallest absolute Gasteiger partial charge is 0.253 e. The molecule has 2 aromatic heterocycles. The SMILES string of the molecule is O=C(c1cccc(-n2cnnn2)c1)N1CCC(Oc2ncccc2Cl)CC1. The molecule has 1 fully saturated rings. The Morgan fingerprint density at radius 1 is 1.19 bits per heavy atom. The molecule has 3 heterocycles. The Balaban J connectivity index is 1.39. The molecule has 1 saturated heterocycles. The van der Waals surface area contributed by atoms with Crippen molar-refractivity contribution in [2.45, 2.75) is 18.9 Å². The van der Waals surface area contributed by atoms with Gasteiger partial charge < -0.3 is 9.64 Å². The maximum Gasteiger partial charge on any atom is 0.253 e. The van der Waals surface area contributed by atoms with Crippen LogP contribution in [0.25, 0.3) is 5.69 Å². The lowest BCUT2D eigenvalue weighted by atomic mass is 10.1. The molecule has 0 N–H and O–H groups in total. The minimum Gasteiger partial charge on any atom is -0.473 e. The first kappa shape index (κ1) is 17.4. The first-order chi connectivity index (χ1) is 13.2. The van der Waals surface area contributed by atoms with Crippen LogP contribution in [-0.4, -0.2) is 55.2 Å². The zero-order valence-electron chi connectivity index (χ0n) is 14.4. The van der Waals surface area contributed by atoms with E-state index in [1.165, 1.54) is 11.0 Å². The number of carbonyl (C=O) groups excluding carboxylic acids is 1. The fraction of sp³-hybridized carbons (Fsp3) is 0.278. The molecule has 27 heavy (non-hydrogen) atoms. The topological polar surface area (TPSA) is 86.0 Å². The molecular formula is C18H17ClN6O2. The van der Waals surface area contributed by atoms with E-state index in [0.717, 1.165) is 18.5 Å². The summed E-state index contributed by atoms with van der Waals surface area (Å²) < 4.78 is 7.40. The molecule has 0 unspecified atom stereocenters. The molecule has 0 saturated carbocycles. The summed E-state index contributed by atoms with van der Waals surface area (Å²) >= 11 is 6.09. The van der Waals surface area contributed by atoms with Crippen LogP contribution < -0.4 is 4.74 Å². The highest BCUT2D eigenvalue weighted by atomic mass is 35.5. The van der Waals surface area contributed by atoms with Crippen LogP contribution in [-0.2, 0) is 0 Å². The number of piperidine rings is 1. The maximum atomic E-state index is 12.8. The van der Waals surface area contributed by atoms with Gasteiger partial charge in [0.2, 0.25) is 5.88 Å². The van der Waals surface area contributed by atoms with E-state index < -0.39 is 0 Å². The van der Waals surface area contributed by atoms with Gasteiger partial charge >= 0.3 is 0 Å². The Labute approximate surface area is 160 Å². The van der Waals surface area contributed by atoms with Crippen molar-refractivity contribution >= 4 is 17.5 Å². The molecule has 1 aromatic carbocycles. The third-order valence-corrected chi connectivity index (χ3v) is 4.73. The number of pyridine rings is 1. The van der Waals surface area contributed by atoms with Crippen molar-refractivity contribution in [2.24, 2.45) is 0 Å². The van der Waals surface area contributed by atoms with Crippen molar-refractivity contribution in [3.8, 4) is 11.6 Å². The number of nitrogens with zero attached hydrogens (tertiary/aromatic N) is 6. The summed E-state index contributed by atoms with van der Waals surface area (Å²) in [4.78, 5) is 18.8. The van der Waals surface area contributed by atoms with E-state index in [0.29, 0.717) is 29.6 Å². The van der Waals surface area contributed by atoms with E-state index in [1.807, 2.05) is 17.0 Å². The van der Waals surface area contributed by atoms with Gasteiger partial charge in [-0.1, -0.05) is 17.7 Å². The van der Waals surface area contributed by atoms with Crippen LogP contribution in [0, 0.1) is 0 Å². The molecule has 0 atom stereocenters. The van der Waals surface area contributed by atoms with Gasteiger partial charge in [-0.3, -0.25) is 4.79 Å². The van der Waals surface area contributed by atoms with Crippen molar-refractivity contribution in [1.29, 1.82) is 0 Å². The van der Waals surface area contributed by atoms with E-state index in [9.17, 15) is 4.79 Å². The fourth-order valence-electron chi connectivity index (χ4n) is 3.04. The highest BCUT2D eigenvalue weighted by Crippen LogP contribution is 2.25. The summed E-state index contributed by atoms with van der Waals surface area (Å²) in [6, 6.07) is 10.8. The lowest BCUT2D eigenvalue weighted by Crippen LogP contribution is -2.41. The van der Waals surface area contributed by atoms with E-state index >= 15 is 0 Å². The monoisotopic (exact) mass is 384 g/mol. The second-order valence-electron chi connectivity index (χ2n) is 6.20. The lowest BCUT2D eigenvalue weighted by Gasteiger charge is -2.32. The van der Waals surface area contributed by atoms with Crippen LogP contribution in [0.1, 0.15) is 23.2 Å². The number of tetrazole rings is 1. The Kier molecular flexibility index (Phi) is 4.97. The number of rotatable bonds is 4. The molecule has 3 aromatic rings. The van der Waals surface area contributed by atoms with Crippen molar-refractivity contribution in [3.05, 3.63) is 59.5 Å². The fourth-order valence-corrected chi connectivity index (χ4v) is 3.20. The molecule has 1 aliphatic heterocycles. The van der Waals surface area contributed by atoms with Crippen molar-refractivity contribution in [3.63, 3.8) is 0 Å². The maximum absolute atomic E-state index is 12.8. The minimum atomic E-state index is -0.0146. The quantitative estimate of drug-likeness (QED) is 0.686. The molecule has 0 bridgehead atoms. The summed E-state index contributed by atoms with van der Waals surface area (Å²) in [6.45, 7) is 1.23. The Hall–Kier alpha value is -3.00. The van der Waals surface area contributed by atoms with Crippen molar-refractivity contribution < 1.29 is 9.53 Å². The summed E-state index contributed by atoms with van der Waals surface area (Å²) in [7, 11) is 0. The molecule has 0 aliphatic carbocycles. The van der Waals surface area contributed by atoms with Crippen LogP contribution in [0.15, 0.2) is 48.9 Å². The van der Waals surface area contributed by atoms with Crippen LogP contribution in [0.4, 0.5) is 0 Å². The van der Waals surface area contributed by atoms with Crippen molar-refractivity contribution in [1.82, 2.24) is 30.1 Å². The zero-order valence-corrected chi connectivity index (χ0v) is 15.2. The molecule has 4 rings (SSSR count). The third-order valence-electron chi connectivity index (χ3n) is 4.44. The third kappa shape index (κ3) is 3.90. The minimum absolute atomic E-state index is 0.00555. The van der Waals surface area contributed by atoms with Gasteiger partial charge in [0.1, 0.15) is 17.5 Å². The molecule has 8 nitrogen and oxygen atoms in total. The zero-order chi connectivity index (χ0) is 18.6. The number of hydrogen-bond donors (Lipinski definition) is 0. The molecule has 0 spiro atoms. The van der Waals surface area contributed by atoms with E-state index in [-0.39, 0.29) is 12.0 Å². The van der Waals surface area contributed by atoms with Gasteiger partial charge in [-0.2, -0.15) is 0 Å². The Morgan fingerprint density at radius 3 is 2.78 bits per heavy atom. The molecule has 138 valence electrons. The number of carbonyl (C=O) groups is 1. The van der Waals surface area contributed by atoms with Gasteiger partial charge in [-0.05, 0) is 40.8 Å². The van der Waals surface area contributed by atoms with E-state index in [1.54, 1.807) is 30.5 Å². The number of ether oxygens (including phenoxy) is 1. The second-order valence-corrected chi connectivity index (χ2v) is 6.61. The summed E-state index contributed by atoms with van der Waals surface area (Å²) in [5.74, 6) is 0.428. The molecule has 1 amide bonds. The van der Waals surface area contributed by atoms with Crippen LogP contribution in [0.2, 0.25) is 5.02 Å². The van der Waals surface area contributed by atoms with E-state index in [4.69, 9.17) is 16.3 Å². The molecular weight excluding hydrogens is 368 g/mol. The number of amides is 1. The standard InChI is InChI=1S/C18H17ClN6O2/c19-16-5-2-8-20-17(16)27-15-6-9-24(10-7-15)18(26)13-3-1-4-14(11-13)25-12-21-22-23-25/h1-5,8,11-12,15H,6-7,9-10H2. The van der Waals surface area contributed by atoms with Crippen LogP contribution >= 0.6 is 11.6 Å². The predicted octanol–water partition coefficient (Wildman–Crippen LogP) is 2.39. The Bertz CT molecular complexity index is 925. The second kappa shape index (κ2) is 7.71. The summed E-state index contributed by atoms with van der Waals surface area (Å²) in [5, 5.41) is 11.6. The average molecular weight is 385 g/mol. The van der Waals surface area contributed by atoms with Gasteiger partial charge in [0.05, 0.1) is 5.69 Å². The Morgan fingerprint density at radius 2 is 2.04 bits per heavy atom. The van der Waals surface area contributed by atoms with Crippen LogP contribution in [0.5, 0.6) is 5.88 Å². The molecule has 9 heteroatoms. The van der Waals surface area contributed by atoms with Gasteiger partial charge in [-0.15, -0.1) is 5.10 Å². The number of likely N-dealkylation sites (tertiary alicyclic amines) is 1. The summed E-state index contributed by atoms with van der Waals surface area (Å²) in [5.41, 5.74) is 1.35. The van der Waals surface area contributed by atoms with Gasteiger partial charge in [0.25, 0.3) is 5.91 Å². The van der Waals surface area contributed by atoms with Gasteiger partial charge in [0.15, 0.2) is 0 Å². The van der Waals surface area contributed by atoms with Gasteiger partial charge in [0, 0.05) is 37.7 Å². The van der Waals surface area contributed by atoms with Crippen LogP contribution in [0.3, 0.4) is 0 Å². The van der Waals surface area contributed by atoms with Crippen molar-refractivity contribution in [2.75, 3.05) is 13.1 Å². The lowest BCUT2D eigenvalue weighted by molar-refractivity contribution is 0.0588. The van der Waals surface area contributed by atoms with Gasteiger partial charge in [-0.25, -0.2) is 9.67 Å². The first-order valence-corrected chi connectivity index (χ1v) is 8.98. The number of halogens is 1.